The number of rotatable bonds is 3. The number of quaternary nitrogens is 1. The lowest BCUT2D eigenvalue weighted by Gasteiger charge is -2.50. The Balaban J connectivity index is 0.00000161. The molecule has 0 radical (unpaired) electrons. The van der Waals surface area contributed by atoms with Crippen molar-refractivity contribution in [3.63, 3.8) is 0 Å². The zero-order valence-corrected chi connectivity index (χ0v) is 13.4. The molecule has 21 heavy (non-hydrogen) atoms. The number of carbonyl (C=O) groups excluding carboxylic acids is 1. The third-order valence-corrected chi connectivity index (χ3v) is 5.79. The number of nitrogens with zero attached hydrogens (tertiary/aromatic N) is 2. The number of carboxylic acids is 1. The van der Waals surface area contributed by atoms with E-state index in [9.17, 15) is 14.7 Å². The highest BCUT2D eigenvalue weighted by Gasteiger charge is 2.54. The molecule has 0 spiro atoms. The van der Waals surface area contributed by atoms with Gasteiger partial charge in [-0.25, -0.2) is 4.79 Å². The Hall–Kier alpha value is -0.760. The SMILES string of the molecule is C[N+]1(CC2=CSC3C(N)C(=O)N3C2C(=O)O)CCCC1.[Cl-]. The standard InChI is InChI=1S/C13H19N3O3S.ClH/c1-16(4-2-3-5-16)6-8-7-20-12-9(14)11(17)15(12)10(8)13(18)19;/h7,9-10,12H,2-6,14H2,1H3;1H. The van der Waals surface area contributed by atoms with Crippen molar-refractivity contribution in [1.82, 2.24) is 4.90 Å². The molecule has 0 aromatic heterocycles. The maximum absolute atomic E-state index is 11.9. The summed E-state index contributed by atoms with van der Waals surface area (Å²) in [5.74, 6) is -1.20. The fourth-order valence-electron chi connectivity index (χ4n) is 3.43. The highest BCUT2D eigenvalue weighted by atomic mass is 35.5. The Morgan fingerprint density at radius 2 is 2.14 bits per heavy atom. The number of fused-ring (bicyclic) bond motifs is 1. The van der Waals surface area contributed by atoms with Crippen molar-refractivity contribution in [2.45, 2.75) is 30.3 Å². The van der Waals surface area contributed by atoms with Crippen molar-refractivity contribution in [2.75, 3.05) is 26.7 Å². The van der Waals surface area contributed by atoms with Crippen LogP contribution in [-0.4, -0.2) is 70.5 Å². The van der Waals surface area contributed by atoms with Crippen molar-refractivity contribution in [3.05, 3.63) is 11.0 Å². The van der Waals surface area contributed by atoms with Crippen molar-refractivity contribution >= 4 is 23.6 Å². The van der Waals surface area contributed by atoms with E-state index in [4.69, 9.17) is 5.73 Å². The molecule has 118 valence electrons. The maximum atomic E-state index is 11.9. The molecule has 3 rings (SSSR count). The Labute approximate surface area is 134 Å². The van der Waals surface area contributed by atoms with Crippen molar-refractivity contribution < 1.29 is 31.6 Å². The van der Waals surface area contributed by atoms with E-state index in [2.05, 4.69) is 7.05 Å². The first kappa shape index (κ1) is 16.6. The van der Waals surface area contributed by atoms with Gasteiger partial charge in [-0.2, -0.15) is 0 Å². The number of hydrogen-bond acceptors (Lipinski definition) is 4. The average Bonchev–Trinajstić information content (AvgIpc) is 2.83. The highest BCUT2D eigenvalue weighted by Crippen LogP contribution is 2.40. The lowest BCUT2D eigenvalue weighted by atomic mass is 9.98. The first-order chi connectivity index (χ1) is 9.43. The van der Waals surface area contributed by atoms with Gasteiger partial charge in [0.05, 0.1) is 20.1 Å². The number of likely N-dealkylation sites (tertiary alicyclic amines) is 1. The molecule has 8 heteroatoms. The predicted molar refractivity (Wildman–Crippen MR) is 75.7 cm³/mol. The van der Waals surface area contributed by atoms with Crippen LogP contribution in [0.2, 0.25) is 0 Å². The van der Waals surface area contributed by atoms with Gasteiger partial charge in [-0.15, -0.1) is 11.8 Å². The number of hydrogen-bond donors (Lipinski definition) is 2. The van der Waals surface area contributed by atoms with E-state index in [1.165, 1.54) is 29.5 Å². The maximum Gasteiger partial charge on any atom is 0.331 e. The Morgan fingerprint density at radius 3 is 2.71 bits per heavy atom. The van der Waals surface area contributed by atoms with Crippen LogP contribution in [0.3, 0.4) is 0 Å². The topological polar surface area (TPSA) is 83.6 Å². The van der Waals surface area contributed by atoms with Crippen molar-refractivity contribution in [1.29, 1.82) is 0 Å². The van der Waals surface area contributed by atoms with Crippen molar-refractivity contribution in [2.24, 2.45) is 5.73 Å². The summed E-state index contributed by atoms with van der Waals surface area (Å²) in [5.41, 5.74) is 6.57. The molecule has 0 aliphatic carbocycles. The number of carbonyl (C=O) groups is 2. The second-order valence-corrected chi connectivity index (χ2v) is 7.15. The van der Waals surface area contributed by atoms with Crippen LogP contribution in [0.25, 0.3) is 0 Å². The van der Waals surface area contributed by atoms with E-state index in [1.54, 1.807) is 0 Å². The fourth-order valence-corrected chi connectivity index (χ4v) is 4.59. The molecule has 0 bridgehead atoms. The quantitative estimate of drug-likeness (QED) is 0.420. The van der Waals surface area contributed by atoms with Crippen LogP contribution in [0, 0.1) is 0 Å². The third kappa shape index (κ3) is 2.67. The molecular weight excluding hydrogens is 314 g/mol. The van der Waals surface area contributed by atoms with E-state index in [1.807, 2.05) is 5.41 Å². The zero-order valence-electron chi connectivity index (χ0n) is 11.9. The van der Waals surface area contributed by atoms with Crippen LogP contribution < -0.4 is 18.1 Å². The summed E-state index contributed by atoms with van der Waals surface area (Å²) in [4.78, 5) is 24.9. The van der Waals surface area contributed by atoms with Gasteiger partial charge in [-0.1, -0.05) is 0 Å². The molecule has 3 atom stereocenters. The van der Waals surface area contributed by atoms with Gasteiger partial charge in [0.15, 0.2) is 6.04 Å². The van der Waals surface area contributed by atoms with E-state index < -0.39 is 18.1 Å². The molecule has 2 saturated heterocycles. The normalized spacial score (nSPS) is 33.6. The van der Waals surface area contributed by atoms with Crippen LogP contribution in [-0.2, 0) is 9.59 Å². The number of β-lactam (4-membered cyclic amide) rings is 1. The third-order valence-electron chi connectivity index (χ3n) is 4.55. The van der Waals surface area contributed by atoms with Gasteiger partial charge in [0.2, 0.25) is 5.91 Å². The molecule has 3 unspecified atom stereocenters. The molecular formula is C13H20ClN3O3S. The monoisotopic (exact) mass is 333 g/mol. The van der Waals surface area contributed by atoms with Crippen LogP contribution in [0.5, 0.6) is 0 Å². The number of aliphatic carboxylic acids is 1. The number of nitrogens with two attached hydrogens (primary N) is 1. The summed E-state index contributed by atoms with van der Waals surface area (Å²) in [6.07, 6.45) is 2.37. The second-order valence-electron chi connectivity index (χ2n) is 6.16. The molecule has 3 N–H and O–H groups in total. The lowest BCUT2D eigenvalue weighted by molar-refractivity contribution is -0.893. The minimum Gasteiger partial charge on any atom is -1.00 e. The summed E-state index contributed by atoms with van der Waals surface area (Å²) in [7, 11) is 2.16. The van der Waals surface area contributed by atoms with E-state index >= 15 is 0 Å². The number of halogens is 1. The number of carboxylic acid groups (broad SMARTS) is 1. The minimum absolute atomic E-state index is 0. The van der Waals surface area contributed by atoms with Gasteiger partial charge in [0, 0.05) is 18.4 Å². The van der Waals surface area contributed by atoms with Gasteiger partial charge in [-0.05, 0) is 5.41 Å². The fraction of sp³-hybridized carbons (Fsp3) is 0.692. The summed E-state index contributed by atoms with van der Waals surface area (Å²) in [6.45, 7) is 2.85. The Morgan fingerprint density at radius 1 is 1.52 bits per heavy atom. The lowest BCUT2D eigenvalue weighted by Crippen LogP contribution is -3.00. The zero-order chi connectivity index (χ0) is 14.5. The van der Waals surface area contributed by atoms with E-state index in [-0.39, 0.29) is 23.7 Å². The number of thioether (sulfide) groups is 1. The van der Waals surface area contributed by atoms with E-state index in [0.717, 1.165) is 23.1 Å². The highest BCUT2D eigenvalue weighted by molar-refractivity contribution is 8.02. The minimum atomic E-state index is -0.951. The van der Waals surface area contributed by atoms with Gasteiger partial charge in [-0.3, -0.25) is 4.79 Å². The molecule has 1 amide bonds. The first-order valence-electron chi connectivity index (χ1n) is 6.91. The van der Waals surface area contributed by atoms with Gasteiger partial charge < -0.3 is 32.6 Å². The summed E-state index contributed by atoms with van der Waals surface area (Å²) in [6, 6.07) is -1.39. The molecule has 3 aliphatic rings. The first-order valence-corrected chi connectivity index (χ1v) is 7.86. The molecule has 0 aromatic carbocycles. The number of likely N-dealkylation sites (N-methyl/N-ethyl adjacent to an activating group) is 1. The molecule has 2 fully saturated rings. The second kappa shape index (κ2) is 5.79. The summed E-state index contributed by atoms with van der Waals surface area (Å²) < 4.78 is 0.870. The molecule has 3 aliphatic heterocycles. The van der Waals surface area contributed by atoms with Crippen LogP contribution in [0.4, 0.5) is 0 Å². The van der Waals surface area contributed by atoms with Gasteiger partial charge >= 0.3 is 5.97 Å². The predicted octanol–water partition coefficient (Wildman–Crippen LogP) is -3.19. The van der Waals surface area contributed by atoms with Gasteiger partial charge in [0.1, 0.15) is 18.0 Å². The van der Waals surface area contributed by atoms with Crippen LogP contribution in [0.15, 0.2) is 11.0 Å². The summed E-state index contributed by atoms with van der Waals surface area (Å²) in [5, 5.41) is 11.2. The molecule has 0 aromatic rings. The smallest absolute Gasteiger partial charge is 0.331 e. The molecule has 0 saturated carbocycles. The largest absolute Gasteiger partial charge is 1.00 e. The Bertz CT molecular complexity index is 493. The average molecular weight is 334 g/mol. The molecule has 6 nitrogen and oxygen atoms in total. The van der Waals surface area contributed by atoms with E-state index in [0.29, 0.717) is 6.54 Å². The number of amides is 1. The van der Waals surface area contributed by atoms with Crippen LogP contribution >= 0.6 is 11.8 Å². The van der Waals surface area contributed by atoms with Gasteiger partial charge in [0.25, 0.3) is 0 Å². The molecule has 3 heterocycles. The summed E-state index contributed by atoms with van der Waals surface area (Å²) >= 11 is 1.48. The van der Waals surface area contributed by atoms with Crippen molar-refractivity contribution in [3.8, 4) is 0 Å². The Kier molecular flexibility index (Phi) is 4.58. The van der Waals surface area contributed by atoms with Crippen LogP contribution in [0.1, 0.15) is 12.8 Å².